The van der Waals surface area contributed by atoms with Crippen LogP contribution in [0.4, 0.5) is 4.39 Å². The molecule has 0 aromatic heterocycles. The molecule has 1 amide bonds. The first kappa shape index (κ1) is 18.5. The molecule has 0 aliphatic carbocycles. The summed E-state index contributed by atoms with van der Waals surface area (Å²) >= 11 is 0. The number of hydrogen-bond acceptors (Lipinski definition) is 3. The van der Waals surface area contributed by atoms with E-state index in [9.17, 15) is 14.3 Å². The summed E-state index contributed by atoms with van der Waals surface area (Å²) in [6, 6.07) is 14.4. The molecule has 1 fully saturated rings. The van der Waals surface area contributed by atoms with Crippen LogP contribution in [0.3, 0.4) is 0 Å². The zero-order chi connectivity index (χ0) is 18.6. The van der Waals surface area contributed by atoms with Crippen molar-refractivity contribution >= 4 is 5.91 Å². The normalized spacial score (nSPS) is 20.4. The fraction of sp³-hybridized carbons (Fsp3) is 0.381. The maximum Gasteiger partial charge on any atom is 0.256 e. The summed E-state index contributed by atoms with van der Waals surface area (Å²) in [4.78, 5) is 14.5. The summed E-state index contributed by atoms with van der Waals surface area (Å²) in [6.45, 7) is 3.75. The summed E-state index contributed by atoms with van der Waals surface area (Å²) in [5.41, 5.74) is 1.60. The Hall–Kier alpha value is -2.24. The first-order valence-corrected chi connectivity index (χ1v) is 8.99. The molecule has 3 rings (SSSR count). The van der Waals surface area contributed by atoms with Gasteiger partial charge in [-0.25, -0.2) is 4.39 Å². The fourth-order valence-electron chi connectivity index (χ4n) is 3.47. The number of piperidine rings is 1. The SMILES string of the molecule is Cc1cccc(CN2CCC[C@@](O)(CNCc3cccc(F)c3)C2=O)c1. The highest BCUT2D eigenvalue weighted by Crippen LogP contribution is 2.24. The van der Waals surface area contributed by atoms with Crippen LogP contribution in [-0.4, -0.2) is 34.6 Å². The number of likely N-dealkylation sites (tertiary alicyclic amines) is 1. The van der Waals surface area contributed by atoms with Gasteiger partial charge in [-0.2, -0.15) is 0 Å². The molecular weight excluding hydrogens is 331 g/mol. The standard InChI is InChI=1S/C21H25FN2O2/c1-16-5-2-7-18(11-16)14-24-10-4-9-21(26,20(24)25)15-23-13-17-6-3-8-19(22)12-17/h2-3,5-8,11-12,23,26H,4,9-10,13-15H2,1H3/t21-/m1/s1. The first-order valence-electron chi connectivity index (χ1n) is 8.99. The molecular formula is C21H25FN2O2. The largest absolute Gasteiger partial charge is 0.379 e. The second kappa shape index (κ2) is 7.98. The predicted octanol–water partition coefficient (Wildman–Crippen LogP) is 2.78. The summed E-state index contributed by atoms with van der Waals surface area (Å²) in [7, 11) is 0. The first-order chi connectivity index (χ1) is 12.5. The van der Waals surface area contributed by atoms with E-state index in [-0.39, 0.29) is 18.3 Å². The number of amides is 1. The second-order valence-corrected chi connectivity index (χ2v) is 7.08. The van der Waals surface area contributed by atoms with Gasteiger partial charge in [0.1, 0.15) is 5.82 Å². The van der Waals surface area contributed by atoms with Crippen molar-refractivity contribution < 1.29 is 14.3 Å². The smallest absolute Gasteiger partial charge is 0.256 e. The van der Waals surface area contributed by atoms with E-state index in [0.717, 1.165) is 23.1 Å². The van der Waals surface area contributed by atoms with E-state index in [1.165, 1.54) is 12.1 Å². The molecule has 138 valence electrons. The average molecular weight is 356 g/mol. The lowest BCUT2D eigenvalue weighted by atomic mass is 9.91. The number of carbonyl (C=O) groups is 1. The van der Waals surface area contributed by atoms with Crippen molar-refractivity contribution in [3.63, 3.8) is 0 Å². The van der Waals surface area contributed by atoms with Crippen LogP contribution in [0.1, 0.15) is 29.5 Å². The van der Waals surface area contributed by atoms with Crippen molar-refractivity contribution in [3.8, 4) is 0 Å². The number of benzene rings is 2. The van der Waals surface area contributed by atoms with Crippen molar-refractivity contribution in [3.05, 3.63) is 71.0 Å². The van der Waals surface area contributed by atoms with Crippen molar-refractivity contribution in [1.29, 1.82) is 0 Å². The molecule has 1 heterocycles. The van der Waals surface area contributed by atoms with Gasteiger partial charge >= 0.3 is 0 Å². The van der Waals surface area contributed by atoms with Crippen LogP contribution in [0.25, 0.3) is 0 Å². The highest BCUT2D eigenvalue weighted by molar-refractivity contribution is 5.86. The Morgan fingerprint density at radius 2 is 1.96 bits per heavy atom. The van der Waals surface area contributed by atoms with Crippen LogP contribution < -0.4 is 5.32 Å². The van der Waals surface area contributed by atoms with Crippen molar-refractivity contribution in [1.82, 2.24) is 10.2 Å². The molecule has 5 heteroatoms. The molecule has 1 saturated heterocycles. The zero-order valence-corrected chi connectivity index (χ0v) is 15.0. The fourth-order valence-corrected chi connectivity index (χ4v) is 3.47. The Bertz CT molecular complexity index is 780. The Morgan fingerprint density at radius 1 is 1.19 bits per heavy atom. The Morgan fingerprint density at radius 3 is 2.73 bits per heavy atom. The Balaban J connectivity index is 1.60. The van der Waals surface area contributed by atoms with Gasteiger partial charge < -0.3 is 15.3 Å². The van der Waals surface area contributed by atoms with Gasteiger partial charge in [0.2, 0.25) is 0 Å². The van der Waals surface area contributed by atoms with Crippen LogP contribution in [0.15, 0.2) is 48.5 Å². The van der Waals surface area contributed by atoms with Gasteiger partial charge in [-0.05, 0) is 43.0 Å². The number of hydrogen-bond donors (Lipinski definition) is 2. The predicted molar refractivity (Wildman–Crippen MR) is 98.9 cm³/mol. The summed E-state index contributed by atoms with van der Waals surface area (Å²) < 4.78 is 13.2. The average Bonchev–Trinajstić information content (AvgIpc) is 2.59. The Labute approximate surface area is 153 Å². The van der Waals surface area contributed by atoms with Gasteiger partial charge in [0, 0.05) is 26.2 Å². The molecule has 0 unspecified atom stereocenters. The summed E-state index contributed by atoms with van der Waals surface area (Å²) in [6.07, 6.45) is 1.20. The van der Waals surface area contributed by atoms with Gasteiger partial charge in [-0.1, -0.05) is 42.0 Å². The minimum absolute atomic E-state index is 0.159. The van der Waals surface area contributed by atoms with E-state index in [0.29, 0.717) is 26.1 Å². The van der Waals surface area contributed by atoms with Crippen LogP contribution in [0.2, 0.25) is 0 Å². The Kier molecular flexibility index (Phi) is 5.69. The number of nitrogens with zero attached hydrogens (tertiary/aromatic N) is 1. The molecule has 0 radical (unpaired) electrons. The van der Waals surface area contributed by atoms with Crippen LogP contribution in [0, 0.1) is 12.7 Å². The second-order valence-electron chi connectivity index (χ2n) is 7.08. The summed E-state index contributed by atoms with van der Waals surface area (Å²) in [5, 5.41) is 13.9. The molecule has 0 spiro atoms. The molecule has 2 aromatic carbocycles. The molecule has 0 saturated carbocycles. The lowest BCUT2D eigenvalue weighted by molar-refractivity contribution is -0.157. The minimum Gasteiger partial charge on any atom is -0.379 e. The molecule has 4 nitrogen and oxygen atoms in total. The highest BCUT2D eigenvalue weighted by atomic mass is 19.1. The number of aryl methyl sites for hydroxylation is 1. The van der Waals surface area contributed by atoms with Crippen molar-refractivity contribution in [2.45, 2.75) is 38.5 Å². The molecule has 1 aliphatic heterocycles. The molecule has 1 atom stereocenters. The third-order valence-electron chi connectivity index (χ3n) is 4.80. The van der Waals surface area contributed by atoms with Crippen LogP contribution in [0.5, 0.6) is 0 Å². The lowest BCUT2D eigenvalue weighted by Gasteiger charge is -2.38. The number of halogens is 1. The van der Waals surface area contributed by atoms with Gasteiger partial charge in [0.05, 0.1) is 0 Å². The third kappa shape index (κ3) is 4.48. The molecule has 2 N–H and O–H groups in total. The molecule has 26 heavy (non-hydrogen) atoms. The minimum atomic E-state index is -1.41. The highest BCUT2D eigenvalue weighted by Gasteiger charge is 2.41. The quantitative estimate of drug-likeness (QED) is 0.837. The van der Waals surface area contributed by atoms with E-state index in [1.807, 2.05) is 31.2 Å². The van der Waals surface area contributed by atoms with Crippen molar-refractivity contribution in [2.24, 2.45) is 0 Å². The van der Waals surface area contributed by atoms with E-state index in [4.69, 9.17) is 0 Å². The maximum atomic E-state index is 13.2. The monoisotopic (exact) mass is 356 g/mol. The van der Waals surface area contributed by atoms with Gasteiger partial charge in [0.25, 0.3) is 5.91 Å². The molecule has 1 aliphatic rings. The third-order valence-corrected chi connectivity index (χ3v) is 4.80. The lowest BCUT2D eigenvalue weighted by Crippen LogP contribution is -2.57. The number of aliphatic hydroxyl groups is 1. The van der Waals surface area contributed by atoms with Gasteiger partial charge in [-0.3, -0.25) is 4.79 Å². The zero-order valence-electron chi connectivity index (χ0n) is 15.0. The van der Waals surface area contributed by atoms with Crippen LogP contribution in [-0.2, 0) is 17.9 Å². The van der Waals surface area contributed by atoms with E-state index in [2.05, 4.69) is 11.4 Å². The summed E-state index contributed by atoms with van der Waals surface area (Å²) in [5.74, 6) is -0.530. The van der Waals surface area contributed by atoms with Gasteiger partial charge in [0.15, 0.2) is 5.60 Å². The maximum absolute atomic E-state index is 13.2. The topological polar surface area (TPSA) is 52.6 Å². The molecule has 0 bridgehead atoms. The number of nitrogens with one attached hydrogen (secondary N) is 1. The van der Waals surface area contributed by atoms with E-state index >= 15 is 0 Å². The number of carbonyl (C=O) groups excluding carboxylic acids is 1. The van der Waals surface area contributed by atoms with E-state index < -0.39 is 5.60 Å². The van der Waals surface area contributed by atoms with Crippen LogP contribution >= 0.6 is 0 Å². The van der Waals surface area contributed by atoms with E-state index in [1.54, 1.807) is 11.0 Å². The van der Waals surface area contributed by atoms with Gasteiger partial charge in [-0.15, -0.1) is 0 Å². The number of rotatable bonds is 6. The van der Waals surface area contributed by atoms with Crippen molar-refractivity contribution in [2.75, 3.05) is 13.1 Å². The molecule has 2 aromatic rings.